The van der Waals surface area contributed by atoms with E-state index in [-0.39, 0.29) is 6.10 Å². The van der Waals surface area contributed by atoms with Crippen LogP contribution >= 0.6 is 0 Å². The van der Waals surface area contributed by atoms with Crippen molar-refractivity contribution < 1.29 is 23.1 Å². The van der Waals surface area contributed by atoms with Crippen LogP contribution in [0.1, 0.15) is 19.8 Å². The molecule has 98 valence electrons. The van der Waals surface area contributed by atoms with Crippen molar-refractivity contribution in [1.29, 1.82) is 0 Å². The van der Waals surface area contributed by atoms with Crippen LogP contribution in [0.3, 0.4) is 0 Å². The van der Waals surface area contributed by atoms with Gasteiger partial charge in [0.15, 0.2) is 0 Å². The first-order chi connectivity index (χ1) is 7.64. The van der Waals surface area contributed by atoms with Gasteiger partial charge in [0.2, 0.25) is 0 Å². The predicted octanol–water partition coefficient (Wildman–Crippen LogP) is 1.04. The second-order valence-electron chi connectivity index (χ2n) is 3.54. The molecule has 0 aliphatic carbocycles. The highest BCUT2D eigenvalue weighted by Crippen LogP contribution is 2.14. The molecule has 0 radical (unpaired) electrons. The minimum absolute atomic E-state index is 0.366. The first-order valence-corrected chi connectivity index (χ1v) is 7.48. The van der Waals surface area contributed by atoms with E-state index in [9.17, 15) is 5.11 Å². The maximum atomic E-state index is 9.27. The second-order valence-corrected chi connectivity index (χ2v) is 6.63. The third-order valence-corrected chi connectivity index (χ3v) is 5.32. The maximum absolute atomic E-state index is 9.27. The summed E-state index contributed by atoms with van der Waals surface area (Å²) in [5.74, 6) is 0. The molecule has 1 N–H and O–H groups in total. The van der Waals surface area contributed by atoms with Crippen LogP contribution in [0.2, 0.25) is 6.04 Å². The van der Waals surface area contributed by atoms with Crippen LogP contribution in [0, 0.1) is 0 Å². The molecular weight excluding hydrogens is 228 g/mol. The Morgan fingerprint density at radius 3 is 2.12 bits per heavy atom. The zero-order valence-electron chi connectivity index (χ0n) is 10.7. The predicted molar refractivity (Wildman–Crippen MR) is 63.3 cm³/mol. The summed E-state index contributed by atoms with van der Waals surface area (Å²) < 4.78 is 21.1. The van der Waals surface area contributed by atoms with Crippen molar-refractivity contribution in [3.63, 3.8) is 0 Å². The van der Waals surface area contributed by atoms with Gasteiger partial charge in [0.25, 0.3) is 0 Å². The topological polar surface area (TPSA) is 57.2 Å². The normalized spacial score (nSPS) is 14.1. The van der Waals surface area contributed by atoms with Gasteiger partial charge < -0.3 is 23.1 Å². The summed E-state index contributed by atoms with van der Waals surface area (Å²) in [6.07, 6.45) is 1.15. The van der Waals surface area contributed by atoms with Crippen LogP contribution in [0.4, 0.5) is 0 Å². The van der Waals surface area contributed by atoms with E-state index in [1.165, 1.54) is 0 Å². The molecule has 5 nitrogen and oxygen atoms in total. The van der Waals surface area contributed by atoms with Gasteiger partial charge in [-0.15, -0.1) is 0 Å². The number of hydrogen-bond acceptors (Lipinski definition) is 5. The van der Waals surface area contributed by atoms with Crippen molar-refractivity contribution in [2.75, 3.05) is 34.5 Å². The molecule has 6 heteroatoms. The molecule has 0 spiro atoms. The summed E-state index contributed by atoms with van der Waals surface area (Å²) in [5, 5.41) is 9.27. The lowest BCUT2D eigenvalue weighted by Crippen LogP contribution is -2.42. The average Bonchev–Trinajstić information content (AvgIpc) is 2.34. The highest BCUT2D eigenvalue weighted by molar-refractivity contribution is 6.60. The largest absolute Gasteiger partial charge is 0.500 e. The van der Waals surface area contributed by atoms with E-state index in [1.54, 1.807) is 21.3 Å². The lowest BCUT2D eigenvalue weighted by molar-refractivity contribution is 0.0333. The Bertz CT molecular complexity index is 155. The average molecular weight is 252 g/mol. The van der Waals surface area contributed by atoms with Gasteiger partial charge in [0.05, 0.1) is 12.7 Å². The lowest BCUT2D eigenvalue weighted by atomic mass is 10.3. The molecule has 16 heavy (non-hydrogen) atoms. The summed E-state index contributed by atoms with van der Waals surface area (Å²) in [6.45, 7) is 2.90. The van der Waals surface area contributed by atoms with Crippen molar-refractivity contribution in [3.8, 4) is 0 Å². The maximum Gasteiger partial charge on any atom is 0.500 e. The standard InChI is InChI=1S/C10H24O5Si/c1-5-10(11)9-15-7-6-8-16(12-2,13-3)14-4/h10-11H,5-9H2,1-4H3. The van der Waals surface area contributed by atoms with Crippen LogP contribution in [-0.2, 0) is 18.0 Å². The van der Waals surface area contributed by atoms with Gasteiger partial charge in [-0.05, 0) is 12.8 Å². The van der Waals surface area contributed by atoms with Crippen LogP contribution in [-0.4, -0.2) is 54.6 Å². The smallest absolute Gasteiger partial charge is 0.391 e. The highest BCUT2D eigenvalue weighted by atomic mass is 28.4. The monoisotopic (exact) mass is 252 g/mol. The second kappa shape index (κ2) is 9.09. The van der Waals surface area contributed by atoms with Gasteiger partial charge >= 0.3 is 8.80 Å². The molecule has 1 unspecified atom stereocenters. The first kappa shape index (κ1) is 16.0. The van der Waals surface area contributed by atoms with Crippen molar-refractivity contribution in [2.45, 2.75) is 31.9 Å². The van der Waals surface area contributed by atoms with Crippen molar-refractivity contribution in [3.05, 3.63) is 0 Å². The molecule has 0 aliphatic rings. The summed E-state index contributed by atoms with van der Waals surface area (Å²) in [4.78, 5) is 0. The van der Waals surface area contributed by atoms with Crippen LogP contribution in [0.5, 0.6) is 0 Å². The quantitative estimate of drug-likeness (QED) is 0.465. The Morgan fingerprint density at radius 2 is 1.69 bits per heavy atom. The van der Waals surface area contributed by atoms with E-state index < -0.39 is 8.80 Å². The Morgan fingerprint density at radius 1 is 1.12 bits per heavy atom. The molecule has 0 saturated heterocycles. The third-order valence-electron chi connectivity index (χ3n) is 2.49. The Hall–Kier alpha value is 0.0169. The summed E-state index contributed by atoms with van der Waals surface area (Å²) >= 11 is 0. The van der Waals surface area contributed by atoms with Gasteiger partial charge in [-0.25, -0.2) is 0 Å². The lowest BCUT2D eigenvalue weighted by Gasteiger charge is -2.24. The van der Waals surface area contributed by atoms with Gasteiger partial charge in [-0.2, -0.15) is 0 Å². The summed E-state index contributed by atoms with van der Waals surface area (Å²) in [5.41, 5.74) is 0. The van der Waals surface area contributed by atoms with E-state index in [2.05, 4.69) is 0 Å². The number of rotatable bonds is 10. The first-order valence-electron chi connectivity index (χ1n) is 5.55. The summed E-state index contributed by atoms with van der Waals surface area (Å²) in [6, 6.07) is 0.721. The minimum atomic E-state index is -2.45. The Balaban J connectivity index is 3.63. The molecule has 0 fully saturated rings. The fraction of sp³-hybridized carbons (Fsp3) is 1.00. The third kappa shape index (κ3) is 5.93. The van der Waals surface area contributed by atoms with Gasteiger partial charge in [-0.3, -0.25) is 0 Å². The molecule has 0 bridgehead atoms. The molecule has 0 aromatic rings. The Labute approximate surface area is 99.0 Å². The molecule has 0 aromatic heterocycles. The SMILES string of the molecule is CCC(O)COCCC[Si](OC)(OC)OC. The molecular formula is C10H24O5Si. The molecule has 0 heterocycles. The van der Waals surface area contributed by atoms with Gasteiger partial charge in [-0.1, -0.05) is 6.92 Å². The fourth-order valence-electron chi connectivity index (χ4n) is 1.28. The minimum Gasteiger partial charge on any atom is -0.391 e. The van der Waals surface area contributed by atoms with E-state index in [4.69, 9.17) is 18.0 Å². The van der Waals surface area contributed by atoms with Gasteiger partial charge in [0, 0.05) is 34.0 Å². The van der Waals surface area contributed by atoms with Gasteiger partial charge in [0.1, 0.15) is 0 Å². The van der Waals surface area contributed by atoms with Crippen LogP contribution in [0.15, 0.2) is 0 Å². The molecule has 0 aromatic carbocycles. The molecule has 0 amide bonds. The number of hydrogen-bond donors (Lipinski definition) is 1. The number of aliphatic hydroxyl groups is 1. The highest BCUT2D eigenvalue weighted by Gasteiger charge is 2.36. The zero-order valence-corrected chi connectivity index (χ0v) is 11.7. The van der Waals surface area contributed by atoms with E-state index in [0.717, 1.165) is 12.5 Å². The van der Waals surface area contributed by atoms with Crippen molar-refractivity contribution in [1.82, 2.24) is 0 Å². The van der Waals surface area contributed by atoms with Crippen LogP contribution < -0.4 is 0 Å². The molecule has 0 rings (SSSR count). The van der Waals surface area contributed by atoms with E-state index >= 15 is 0 Å². The Kier molecular flexibility index (Phi) is 9.10. The molecule has 1 atom stereocenters. The van der Waals surface area contributed by atoms with Crippen LogP contribution in [0.25, 0.3) is 0 Å². The van der Waals surface area contributed by atoms with E-state index in [1.807, 2.05) is 6.92 Å². The van der Waals surface area contributed by atoms with Crippen molar-refractivity contribution in [2.24, 2.45) is 0 Å². The van der Waals surface area contributed by atoms with Crippen molar-refractivity contribution >= 4 is 8.80 Å². The fourth-order valence-corrected chi connectivity index (χ4v) is 2.97. The zero-order chi connectivity index (χ0) is 12.4. The molecule has 0 aliphatic heterocycles. The number of aliphatic hydroxyl groups excluding tert-OH is 1. The summed E-state index contributed by atoms with van der Waals surface area (Å²) in [7, 11) is 2.35. The molecule has 0 saturated carbocycles. The van der Waals surface area contributed by atoms with E-state index in [0.29, 0.717) is 19.6 Å². The number of ether oxygens (including phenoxy) is 1.